The van der Waals surface area contributed by atoms with E-state index in [9.17, 15) is 0 Å². The Bertz CT molecular complexity index is 391. The Morgan fingerprint density at radius 1 is 1.38 bits per heavy atom. The van der Waals surface area contributed by atoms with Crippen LogP contribution in [0, 0.1) is 17.8 Å². The minimum absolute atomic E-state index is 0.506. The molecule has 86 valence electrons. The molecule has 0 fully saturated rings. The summed E-state index contributed by atoms with van der Waals surface area (Å²) in [6, 6.07) is 0. The van der Waals surface area contributed by atoms with Crippen LogP contribution in [0.4, 0.5) is 0 Å². The molecular formula is C12H18N4. The summed E-state index contributed by atoms with van der Waals surface area (Å²) in [4.78, 5) is 0. The second-order valence-electron chi connectivity index (χ2n) is 4.74. The number of aromatic nitrogens is 3. The van der Waals surface area contributed by atoms with Gasteiger partial charge in [0.2, 0.25) is 0 Å². The largest absolute Gasteiger partial charge is 0.208 e. The first-order valence-electron chi connectivity index (χ1n) is 5.73. The molecule has 0 radical (unpaired) electrons. The van der Waals surface area contributed by atoms with E-state index >= 15 is 0 Å². The third kappa shape index (κ3) is 2.38. The Balaban J connectivity index is 2.10. The van der Waals surface area contributed by atoms with Crippen LogP contribution in [-0.4, -0.2) is 21.1 Å². The highest BCUT2D eigenvalue weighted by molar-refractivity contribution is 5.62. The number of nitrogens with zero attached hydrogens (tertiary/aromatic N) is 4. The van der Waals surface area contributed by atoms with Crippen LogP contribution in [0.15, 0.2) is 29.4 Å². The lowest BCUT2D eigenvalue weighted by Crippen LogP contribution is -2.24. The first-order valence-corrected chi connectivity index (χ1v) is 5.73. The summed E-state index contributed by atoms with van der Waals surface area (Å²) in [5.74, 6) is 1.72. The van der Waals surface area contributed by atoms with Crippen LogP contribution in [0.5, 0.6) is 0 Å². The van der Waals surface area contributed by atoms with Crippen molar-refractivity contribution < 1.29 is 0 Å². The number of hydrogen-bond acceptors (Lipinski definition) is 3. The second-order valence-corrected chi connectivity index (χ2v) is 4.74. The zero-order valence-corrected chi connectivity index (χ0v) is 10.0. The molecule has 0 spiro atoms. The summed E-state index contributed by atoms with van der Waals surface area (Å²) in [6.45, 7) is 6.75. The van der Waals surface area contributed by atoms with E-state index in [1.54, 1.807) is 17.3 Å². The summed E-state index contributed by atoms with van der Waals surface area (Å²) in [5, 5.41) is 11.8. The highest BCUT2D eigenvalue weighted by Gasteiger charge is 2.25. The van der Waals surface area contributed by atoms with E-state index in [0.717, 1.165) is 0 Å². The van der Waals surface area contributed by atoms with Crippen LogP contribution in [0.2, 0.25) is 0 Å². The zero-order chi connectivity index (χ0) is 11.5. The Hall–Kier alpha value is -1.45. The van der Waals surface area contributed by atoms with Crippen molar-refractivity contribution in [1.82, 2.24) is 14.9 Å². The maximum absolute atomic E-state index is 4.35. The van der Waals surface area contributed by atoms with Crippen molar-refractivity contribution in [3.8, 4) is 0 Å². The number of rotatable bonds is 2. The van der Waals surface area contributed by atoms with Crippen molar-refractivity contribution in [2.45, 2.75) is 27.2 Å². The van der Waals surface area contributed by atoms with Crippen LogP contribution in [0.1, 0.15) is 27.2 Å². The van der Waals surface area contributed by atoms with Gasteiger partial charge in [0.05, 0.1) is 0 Å². The van der Waals surface area contributed by atoms with Gasteiger partial charge in [-0.15, -0.1) is 10.2 Å². The molecule has 0 saturated carbocycles. The summed E-state index contributed by atoms with van der Waals surface area (Å²) < 4.78 is 1.64. The molecule has 0 unspecified atom stereocenters. The van der Waals surface area contributed by atoms with Crippen molar-refractivity contribution in [1.29, 1.82) is 0 Å². The van der Waals surface area contributed by atoms with Gasteiger partial charge in [0, 0.05) is 12.1 Å². The topological polar surface area (TPSA) is 43.1 Å². The number of allylic oxidation sites excluding steroid dienone is 2. The Morgan fingerprint density at radius 3 is 2.69 bits per heavy atom. The van der Waals surface area contributed by atoms with E-state index in [1.807, 2.05) is 6.21 Å². The van der Waals surface area contributed by atoms with Gasteiger partial charge >= 0.3 is 0 Å². The molecule has 0 bridgehead atoms. The molecule has 2 rings (SSSR count). The van der Waals surface area contributed by atoms with Crippen molar-refractivity contribution in [3.63, 3.8) is 0 Å². The Kier molecular flexibility index (Phi) is 3.17. The molecule has 1 aliphatic carbocycles. The smallest absolute Gasteiger partial charge is 0.141 e. The normalized spacial score (nSPS) is 30.7. The fourth-order valence-corrected chi connectivity index (χ4v) is 2.48. The average molecular weight is 218 g/mol. The van der Waals surface area contributed by atoms with Crippen molar-refractivity contribution >= 4 is 6.21 Å². The van der Waals surface area contributed by atoms with Gasteiger partial charge in [0.1, 0.15) is 12.7 Å². The molecule has 0 aromatic carbocycles. The van der Waals surface area contributed by atoms with Crippen molar-refractivity contribution in [2.24, 2.45) is 22.9 Å². The Morgan fingerprint density at radius 2 is 2.06 bits per heavy atom. The lowest BCUT2D eigenvalue weighted by molar-refractivity contribution is 0.361. The van der Waals surface area contributed by atoms with E-state index in [2.05, 4.69) is 42.1 Å². The number of hydrogen-bond donors (Lipinski definition) is 0. The predicted molar refractivity (Wildman–Crippen MR) is 64.1 cm³/mol. The van der Waals surface area contributed by atoms with Gasteiger partial charge < -0.3 is 0 Å². The van der Waals surface area contributed by atoms with Crippen LogP contribution in [0.25, 0.3) is 0 Å². The maximum Gasteiger partial charge on any atom is 0.141 e. The molecule has 1 heterocycles. The van der Waals surface area contributed by atoms with E-state index in [-0.39, 0.29) is 0 Å². The molecule has 1 aromatic rings. The first kappa shape index (κ1) is 11.0. The predicted octanol–water partition coefficient (Wildman–Crippen LogP) is 2.35. The maximum atomic E-state index is 4.35. The summed E-state index contributed by atoms with van der Waals surface area (Å²) in [6.07, 6.45) is 8.76. The molecule has 1 aromatic heterocycles. The summed E-state index contributed by atoms with van der Waals surface area (Å²) in [7, 11) is 0. The van der Waals surface area contributed by atoms with Crippen LogP contribution in [-0.2, 0) is 0 Å². The highest BCUT2D eigenvalue weighted by atomic mass is 15.4. The lowest BCUT2D eigenvalue weighted by atomic mass is 9.76. The highest BCUT2D eigenvalue weighted by Crippen LogP contribution is 2.32. The molecule has 3 atom stereocenters. The molecule has 0 aliphatic heterocycles. The van der Waals surface area contributed by atoms with E-state index in [1.165, 1.54) is 12.0 Å². The fourth-order valence-electron chi connectivity index (χ4n) is 2.48. The van der Waals surface area contributed by atoms with Crippen LogP contribution in [0.3, 0.4) is 0 Å². The molecule has 0 N–H and O–H groups in total. The quantitative estimate of drug-likeness (QED) is 0.565. The first-order chi connectivity index (χ1) is 7.66. The Labute approximate surface area is 96.1 Å². The van der Waals surface area contributed by atoms with Gasteiger partial charge in [0.25, 0.3) is 0 Å². The van der Waals surface area contributed by atoms with Gasteiger partial charge in [-0.2, -0.15) is 5.10 Å². The van der Waals surface area contributed by atoms with E-state index in [4.69, 9.17) is 0 Å². The molecule has 1 aliphatic rings. The van der Waals surface area contributed by atoms with E-state index in [0.29, 0.717) is 17.8 Å². The van der Waals surface area contributed by atoms with Gasteiger partial charge in [0.15, 0.2) is 0 Å². The molecule has 4 nitrogen and oxygen atoms in total. The fraction of sp³-hybridized carbons (Fsp3) is 0.583. The minimum atomic E-state index is 0.506. The third-order valence-electron chi connectivity index (χ3n) is 3.23. The lowest BCUT2D eigenvalue weighted by Gasteiger charge is -2.29. The molecule has 0 saturated heterocycles. The van der Waals surface area contributed by atoms with Gasteiger partial charge in [-0.05, 0) is 25.2 Å². The SMILES string of the molecule is CC1=C[C@@H](C)[C@H](/C=N\n2cnnc2)[C@@H](C)C1. The van der Waals surface area contributed by atoms with E-state index < -0.39 is 0 Å². The van der Waals surface area contributed by atoms with Crippen LogP contribution < -0.4 is 0 Å². The average Bonchev–Trinajstić information content (AvgIpc) is 2.68. The van der Waals surface area contributed by atoms with Crippen LogP contribution >= 0.6 is 0 Å². The monoisotopic (exact) mass is 218 g/mol. The minimum Gasteiger partial charge on any atom is -0.208 e. The molecule has 16 heavy (non-hydrogen) atoms. The van der Waals surface area contributed by atoms with Gasteiger partial charge in [-0.1, -0.05) is 25.5 Å². The van der Waals surface area contributed by atoms with Gasteiger partial charge in [-0.25, -0.2) is 4.68 Å². The standard InChI is InChI=1S/C12H18N4/c1-9-4-10(2)12(11(3)5-9)6-15-16-7-13-14-8-16/h4,6-8,10-12H,5H2,1-3H3/b15-6-/t10-,11+,12+/m1/s1. The van der Waals surface area contributed by atoms with Crippen molar-refractivity contribution in [2.75, 3.05) is 0 Å². The summed E-state index contributed by atoms with van der Waals surface area (Å²) in [5.41, 5.74) is 1.49. The molecular weight excluding hydrogens is 200 g/mol. The second kappa shape index (κ2) is 4.60. The van der Waals surface area contributed by atoms with Gasteiger partial charge in [-0.3, -0.25) is 0 Å². The molecule has 0 amide bonds. The van der Waals surface area contributed by atoms with Crippen molar-refractivity contribution in [3.05, 3.63) is 24.3 Å². The zero-order valence-electron chi connectivity index (χ0n) is 10.0. The molecule has 4 heteroatoms. The third-order valence-corrected chi connectivity index (χ3v) is 3.23. The summed E-state index contributed by atoms with van der Waals surface area (Å²) >= 11 is 0.